The van der Waals surface area contributed by atoms with Gasteiger partial charge >= 0.3 is 12.1 Å². The Morgan fingerprint density at radius 1 is 1.19 bits per heavy atom. The molecule has 2 heterocycles. The summed E-state index contributed by atoms with van der Waals surface area (Å²) in [6.45, 7) is 10.9. The Morgan fingerprint density at radius 3 is 2.46 bits per heavy atom. The minimum absolute atomic E-state index is 0.0430. The molecule has 1 fully saturated rings. The number of hydrogen-bond acceptors (Lipinski definition) is 3. The molecule has 0 unspecified atom stereocenters. The molecule has 0 atom stereocenters. The lowest BCUT2D eigenvalue weighted by Crippen LogP contribution is -2.49. The second-order valence-corrected chi connectivity index (χ2v) is 8.63. The number of amides is 3. The molecule has 0 radical (unpaired) electrons. The molecule has 7 heteroatoms. The molecule has 3 rings (SSSR count). The zero-order valence-corrected chi connectivity index (χ0v) is 17.4. The number of urea groups is 1. The molecule has 2 aliphatic rings. The maximum Gasteiger partial charge on any atom is 0.410 e. The molecule has 0 N–H and O–H groups in total. The number of carbonyl (C=O) groups excluding carboxylic acids is 2. The van der Waals surface area contributed by atoms with Crippen LogP contribution in [0.2, 0.25) is 0 Å². The van der Waals surface area contributed by atoms with E-state index in [1.807, 2.05) is 49.6 Å². The van der Waals surface area contributed by atoms with Crippen LogP contribution in [0, 0.1) is 0 Å². The third-order valence-electron chi connectivity index (χ3n) is 4.63. The van der Waals surface area contributed by atoms with E-state index >= 15 is 0 Å². The van der Waals surface area contributed by atoms with Crippen molar-refractivity contribution in [3.63, 3.8) is 0 Å². The van der Waals surface area contributed by atoms with Crippen molar-refractivity contribution in [2.45, 2.75) is 52.8 Å². The number of anilines is 1. The van der Waals surface area contributed by atoms with Gasteiger partial charge in [-0.15, -0.1) is 0 Å². The van der Waals surface area contributed by atoms with Crippen LogP contribution in [0.4, 0.5) is 15.3 Å². The number of rotatable bonds is 2. The fourth-order valence-corrected chi connectivity index (χ4v) is 3.97. The first kappa shape index (κ1) is 19.0. The van der Waals surface area contributed by atoms with Crippen molar-refractivity contribution in [1.29, 1.82) is 0 Å². The lowest BCUT2D eigenvalue weighted by atomic mass is 10.1. The van der Waals surface area contributed by atoms with Crippen LogP contribution in [0.15, 0.2) is 16.6 Å². The number of ether oxygens (including phenoxy) is 1. The predicted molar refractivity (Wildman–Crippen MR) is 104 cm³/mol. The van der Waals surface area contributed by atoms with Crippen molar-refractivity contribution < 1.29 is 14.3 Å². The van der Waals surface area contributed by atoms with E-state index in [4.69, 9.17) is 4.74 Å². The van der Waals surface area contributed by atoms with Gasteiger partial charge in [0.25, 0.3) is 0 Å². The molecule has 1 saturated heterocycles. The second-order valence-electron chi connectivity index (χ2n) is 7.78. The number of halogens is 1. The molecule has 1 aromatic rings. The van der Waals surface area contributed by atoms with Gasteiger partial charge in [0.05, 0.1) is 5.69 Å². The summed E-state index contributed by atoms with van der Waals surface area (Å²) < 4.78 is 6.36. The van der Waals surface area contributed by atoms with Crippen LogP contribution >= 0.6 is 15.9 Å². The highest BCUT2D eigenvalue weighted by Crippen LogP contribution is 2.36. The van der Waals surface area contributed by atoms with Crippen LogP contribution in [0.1, 0.15) is 45.2 Å². The molecule has 142 valence electrons. The second kappa shape index (κ2) is 7.10. The van der Waals surface area contributed by atoms with E-state index in [1.54, 1.807) is 4.90 Å². The van der Waals surface area contributed by atoms with Gasteiger partial charge in [0, 0.05) is 37.2 Å². The number of fused-ring (bicyclic) bond motifs is 1. The van der Waals surface area contributed by atoms with Gasteiger partial charge < -0.3 is 9.64 Å². The number of nitrogens with zero attached hydrogens (tertiary/aromatic N) is 3. The van der Waals surface area contributed by atoms with Crippen LogP contribution in [0.3, 0.4) is 0 Å². The summed E-state index contributed by atoms with van der Waals surface area (Å²) in [7, 11) is 0. The Labute approximate surface area is 163 Å². The maximum absolute atomic E-state index is 12.7. The molecule has 3 amide bonds. The topological polar surface area (TPSA) is 53.1 Å². The van der Waals surface area contributed by atoms with Crippen molar-refractivity contribution in [3.8, 4) is 0 Å². The Kier molecular flexibility index (Phi) is 5.19. The SMILES string of the molecule is CCN1CCCN(c2cc3c(cc2Br)CN(C(=O)OC(C)(C)C)C3)C1=O. The van der Waals surface area contributed by atoms with Crippen molar-refractivity contribution >= 4 is 33.7 Å². The van der Waals surface area contributed by atoms with E-state index in [0.29, 0.717) is 26.2 Å². The number of hydrogen-bond donors (Lipinski definition) is 0. The first-order valence-corrected chi connectivity index (χ1v) is 9.84. The van der Waals surface area contributed by atoms with E-state index in [1.165, 1.54) is 0 Å². The minimum atomic E-state index is -0.512. The third-order valence-corrected chi connectivity index (χ3v) is 5.26. The van der Waals surface area contributed by atoms with Crippen molar-refractivity contribution in [3.05, 3.63) is 27.7 Å². The van der Waals surface area contributed by atoms with Gasteiger partial charge in [-0.25, -0.2) is 9.59 Å². The number of benzene rings is 1. The summed E-state index contributed by atoms with van der Waals surface area (Å²) in [5.41, 5.74) is 2.51. The smallest absolute Gasteiger partial charge is 0.410 e. The largest absolute Gasteiger partial charge is 0.444 e. The van der Waals surface area contributed by atoms with Gasteiger partial charge in [-0.05, 0) is 73.3 Å². The monoisotopic (exact) mass is 423 g/mol. The fraction of sp³-hybridized carbons (Fsp3) is 0.579. The van der Waals surface area contributed by atoms with Crippen LogP contribution in [-0.2, 0) is 17.8 Å². The molecule has 6 nitrogen and oxygen atoms in total. The van der Waals surface area contributed by atoms with Gasteiger partial charge in [-0.3, -0.25) is 9.80 Å². The molecule has 0 aromatic heterocycles. The van der Waals surface area contributed by atoms with E-state index in [-0.39, 0.29) is 12.1 Å². The first-order valence-electron chi connectivity index (χ1n) is 9.05. The molecular formula is C19H26BrN3O3. The molecule has 2 aliphatic heterocycles. The summed E-state index contributed by atoms with van der Waals surface area (Å²) in [5, 5.41) is 0. The van der Waals surface area contributed by atoms with E-state index in [0.717, 1.165) is 34.3 Å². The molecule has 0 bridgehead atoms. The quantitative estimate of drug-likeness (QED) is 0.709. The highest BCUT2D eigenvalue weighted by atomic mass is 79.9. The summed E-state index contributed by atoms with van der Waals surface area (Å²) in [5.74, 6) is 0. The summed E-state index contributed by atoms with van der Waals surface area (Å²) in [4.78, 5) is 30.4. The zero-order valence-electron chi connectivity index (χ0n) is 15.8. The molecule has 26 heavy (non-hydrogen) atoms. The van der Waals surface area contributed by atoms with E-state index in [9.17, 15) is 9.59 Å². The molecular weight excluding hydrogens is 398 g/mol. The van der Waals surface area contributed by atoms with Gasteiger partial charge in [0.1, 0.15) is 5.60 Å². The third kappa shape index (κ3) is 3.82. The molecule has 0 aliphatic carbocycles. The minimum Gasteiger partial charge on any atom is -0.444 e. The average Bonchev–Trinajstić information content (AvgIpc) is 2.96. The first-order chi connectivity index (χ1) is 12.2. The lowest BCUT2D eigenvalue weighted by molar-refractivity contribution is 0.0242. The van der Waals surface area contributed by atoms with Crippen LogP contribution < -0.4 is 4.90 Å². The average molecular weight is 424 g/mol. The number of carbonyl (C=O) groups is 2. The van der Waals surface area contributed by atoms with Crippen molar-refractivity contribution in [1.82, 2.24) is 9.80 Å². The zero-order chi connectivity index (χ0) is 19.1. The van der Waals surface area contributed by atoms with Crippen molar-refractivity contribution in [2.24, 2.45) is 0 Å². The van der Waals surface area contributed by atoms with Crippen LogP contribution in [0.25, 0.3) is 0 Å². The normalized spacial score (nSPS) is 17.6. The maximum atomic E-state index is 12.7. The lowest BCUT2D eigenvalue weighted by Gasteiger charge is -2.35. The van der Waals surface area contributed by atoms with Crippen LogP contribution in [0.5, 0.6) is 0 Å². The Balaban J connectivity index is 1.81. The highest BCUT2D eigenvalue weighted by Gasteiger charge is 2.31. The van der Waals surface area contributed by atoms with Crippen molar-refractivity contribution in [2.75, 3.05) is 24.5 Å². The Morgan fingerprint density at radius 2 is 1.85 bits per heavy atom. The van der Waals surface area contributed by atoms with Gasteiger partial charge in [-0.1, -0.05) is 0 Å². The fourth-order valence-electron chi connectivity index (χ4n) is 3.37. The molecule has 0 spiro atoms. The molecule has 0 saturated carbocycles. The summed E-state index contributed by atoms with van der Waals surface area (Å²) >= 11 is 3.61. The van der Waals surface area contributed by atoms with Gasteiger partial charge in [0.2, 0.25) is 0 Å². The summed E-state index contributed by atoms with van der Waals surface area (Å²) in [6.07, 6.45) is 0.644. The van der Waals surface area contributed by atoms with Crippen LogP contribution in [-0.4, -0.2) is 47.2 Å². The highest BCUT2D eigenvalue weighted by molar-refractivity contribution is 9.10. The van der Waals surface area contributed by atoms with Gasteiger partial charge in [0.15, 0.2) is 0 Å². The predicted octanol–water partition coefficient (Wildman–Crippen LogP) is 4.35. The Bertz CT molecular complexity index is 729. The van der Waals surface area contributed by atoms with E-state index < -0.39 is 5.60 Å². The van der Waals surface area contributed by atoms with E-state index in [2.05, 4.69) is 15.9 Å². The van der Waals surface area contributed by atoms with Gasteiger partial charge in [-0.2, -0.15) is 0 Å². The summed E-state index contributed by atoms with van der Waals surface area (Å²) in [6, 6.07) is 4.09. The molecule has 1 aromatic carbocycles. The Hall–Kier alpha value is -1.76. The standard InChI is InChI=1S/C19H26BrN3O3/c1-5-21-7-6-8-23(17(21)24)16-10-14-12-22(11-13(14)9-15(16)20)18(25)26-19(2,3)4/h9-10H,5-8,11-12H2,1-4H3.